The third-order valence-corrected chi connectivity index (χ3v) is 3.41. The summed E-state index contributed by atoms with van der Waals surface area (Å²) in [6.45, 7) is 0.475. The van der Waals surface area contributed by atoms with Gasteiger partial charge in [-0.25, -0.2) is 0 Å². The van der Waals surface area contributed by atoms with E-state index in [1.54, 1.807) is 18.2 Å². The molecule has 6 heteroatoms. The predicted molar refractivity (Wildman–Crippen MR) is 68.0 cm³/mol. The van der Waals surface area contributed by atoms with Crippen LogP contribution in [0.15, 0.2) is 22.7 Å². The van der Waals surface area contributed by atoms with E-state index in [1.807, 2.05) is 0 Å². The van der Waals surface area contributed by atoms with Crippen molar-refractivity contribution >= 4 is 39.3 Å². The van der Waals surface area contributed by atoms with Gasteiger partial charge in [-0.15, -0.1) is 0 Å². The minimum Gasteiger partial charge on any atom is -0.354 e. The first-order chi connectivity index (χ1) is 8.06. The number of halogens is 2. The van der Waals surface area contributed by atoms with Crippen molar-refractivity contribution < 1.29 is 9.59 Å². The number of hydrogen-bond acceptors (Lipinski definition) is 2. The van der Waals surface area contributed by atoms with Gasteiger partial charge in [-0.2, -0.15) is 0 Å². The zero-order valence-corrected chi connectivity index (χ0v) is 11.1. The zero-order chi connectivity index (χ0) is 12.4. The normalized spacial score (nSPS) is 18.9. The lowest BCUT2D eigenvalue weighted by Gasteiger charge is -2.11. The fourth-order valence-electron chi connectivity index (χ4n) is 1.64. The van der Waals surface area contributed by atoms with Crippen LogP contribution in [0.4, 0.5) is 0 Å². The van der Waals surface area contributed by atoms with Gasteiger partial charge in [0.25, 0.3) is 5.91 Å². The summed E-state index contributed by atoms with van der Waals surface area (Å²) in [6.07, 6.45) is 0.323. The number of benzene rings is 1. The van der Waals surface area contributed by atoms with Crippen molar-refractivity contribution in [3.8, 4) is 0 Å². The Hall–Kier alpha value is -1.07. The molecule has 0 spiro atoms. The molecule has 90 valence electrons. The summed E-state index contributed by atoms with van der Waals surface area (Å²) < 4.78 is 0.677. The first-order valence-electron chi connectivity index (χ1n) is 5.09. The van der Waals surface area contributed by atoms with Gasteiger partial charge in [0, 0.05) is 22.5 Å². The molecule has 1 aliphatic rings. The van der Waals surface area contributed by atoms with E-state index in [9.17, 15) is 9.59 Å². The first-order valence-corrected chi connectivity index (χ1v) is 6.26. The maximum atomic E-state index is 11.9. The Labute approximate surface area is 112 Å². The fourth-order valence-corrected chi connectivity index (χ4v) is 2.24. The van der Waals surface area contributed by atoms with Crippen molar-refractivity contribution in [1.29, 1.82) is 0 Å². The third kappa shape index (κ3) is 2.98. The Morgan fingerprint density at radius 1 is 1.53 bits per heavy atom. The number of amides is 2. The van der Waals surface area contributed by atoms with Crippen molar-refractivity contribution in [2.45, 2.75) is 12.5 Å². The molecule has 17 heavy (non-hydrogen) atoms. The number of nitrogens with one attached hydrogen (secondary N) is 2. The van der Waals surface area contributed by atoms with E-state index in [4.69, 9.17) is 11.6 Å². The van der Waals surface area contributed by atoms with Crippen LogP contribution in [-0.4, -0.2) is 24.4 Å². The number of carbonyl (C=O) groups is 2. The van der Waals surface area contributed by atoms with E-state index in [2.05, 4.69) is 26.6 Å². The van der Waals surface area contributed by atoms with Crippen molar-refractivity contribution in [3.63, 3.8) is 0 Å². The summed E-state index contributed by atoms with van der Waals surface area (Å²) in [5, 5.41) is 5.94. The molecule has 0 aromatic heterocycles. The van der Waals surface area contributed by atoms with E-state index < -0.39 is 0 Å². The second-order valence-corrected chi connectivity index (χ2v) is 5.09. The topological polar surface area (TPSA) is 58.2 Å². The van der Waals surface area contributed by atoms with Gasteiger partial charge in [0.2, 0.25) is 5.91 Å². The van der Waals surface area contributed by atoms with Crippen molar-refractivity contribution in [1.82, 2.24) is 10.6 Å². The molecule has 1 aromatic carbocycles. The van der Waals surface area contributed by atoms with Gasteiger partial charge in [-0.05, 0) is 34.1 Å². The van der Waals surface area contributed by atoms with Gasteiger partial charge in [0.1, 0.15) is 0 Å². The molecule has 0 saturated carbocycles. The van der Waals surface area contributed by atoms with Crippen LogP contribution in [0.25, 0.3) is 0 Å². The quantitative estimate of drug-likeness (QED) is 0.872. The van der Waals surface area contributed by atoms with Crippen molar-refractivity contribution in [3.05, 3.63) is 33.3 Å². The maximum Gasteiger partial charge on any atom is 0.252 e. The molecule has 1 saturated heterocycles. The Balaban J connectivity index is 2.09. The Morgan fingerprint density at radius 3 is 2.94 bits per heavy atom. The van der Waals surface area contributed by atoms with Crippen LogP contribution >= 0.6 is 27.5 Å². The van der Waals surface area contributed by atoms with Crippen molar-refractivity contribution in [2.24, 2.45) is 0 Å². The summed E-state index contributed by atoms with van der Waals surface area (Å²) in [6, 6.07) is 4.85. The molecule has 1 aromatic rings. The van der Waals surface area contributed by atoms with Crippen LogP contribution in [0.5, 0.6) is 0 Å². The highest BCUT2D eigenvalue weighted by atomic mass is 79.9. The van der Waals surface area contributed by atoms with E-state index in [1.165, 1.54) is 0 Å². The molecule has 1 unspecified atom stereocenters. The van der Waals surface area contributed by atoms with Gasteiger partial charge in [0.05, 0.1) is 11.6 Å². The summed E-state index contributed by atoms with van der Waals surface area (Å²) in [7, 11) is 0. The molecule has 1 heterocycles. The fraction of sp³-hybridized carbons (Fsp3) is 0.273. The molecule has 0 aliphatic carbocycles. The molecule has 0 radical (unpaired) electrons. The van der Waals surface area contributed by atoms with Gasteiger partial charge in [-0.1, -0.05) is 11.6 Å². The molecule has 2 amide bonds. The number of carbonyl (C=O) groups excluding carboxylic acids is 2. The summed E-state index contributed by atoms with van der Waals surface area (Å²) >= 11 is 9.12. The molecule has 1 fully saturated rings. The molecular formula is C11H10BrClN2O2. The van der Waals surface area contributed by atoms with Gasteiger partial charge >= 0.3 is 0 Å². The van der Waals surface area contributed by atoms with E-state index in [0.29, 0.717) is 28.0 Å². The molecular weight excluding hydrogens is 307 g/mol. The molecule has 0 bridgehead atoms. The average molecular weight is 318 g/mol. The highest BCUT2D eigenvalue weighted by molar-refractivity contribution is 9.10. The van der Waals surface area contributed by atoms with E-state index in [0.717, 1.165) is 0 Å². The smallest absolute Gasteiger partial charge is 0.252 e. The Bertz CT molecular complexity index is 479. The van der Waals surface area contributed by atoms with Crippen LogP contribution in [0, 0.1) is 0 Å². The largest absolute Gasteiger partial charge is 0.354 e. The third-order valence-electron chi connectivity index (χ3n) is 2.49. The van der Waals surface area contributed by atoms with Gasteiger partial charge < -0.3 is 10.6 Å². The van der Waals surface area contributed by atoms with Gasteiger partial charge in [0.15, 0.2) is 0 Å². The lowest BCUT2D eigenvalue weighted by molar-refractivity contribution is -0.119. The van der Waals surface area contributed by atoms with Crippen LogP contribution in [0.1, 0.15) is 16.8 Å². The zero-order valence-electron chi connectivity index (χ0n) is 8.80. The van der Waals surface area contributed by atoms with Crippen molar-refractivity contribution in [2.75, 3.05) is 6.54 Å². The SMILES string of the molecule is O=C1CC(NC(=O)c2cc(Cl)ccc2Br)CN1. The average Bonchev–Trinajstić information content (AvgIpc) is 2.67. The Morgan fingerprint density at radius 2 is 2.29 bits per heavy atom. The van der Waals surface area contributed by atoms with Crippen LogP contribution < -0.4 is 10.6 Å². The van der Waals surface area contributed by atoms with E-state index in [-0.39, 0.29) is 17.9 Å². The minimum absolute atomic E-state index is 0.0412. The Kier molecular flexibility index (Phi) is 3.69. The number of hydrogen-bond donors (Lipinski definition) is 2. The lowest BCUT2D eigenvalue weighted by Crippen LogP contribution is -2.36. The highest BCUT2D eigenvalue weighted by Crippen LogP contribution is 2.21. The summed E-state index contributed by atoms with van der Waals surface area (Å²) in [4.78, 5) is 22.9. The van der Waals surface area contributed by atoms with E-state index >= 15 is 0 Å². The molecule has 4 nitrogen and oxygen atoms in total. The second kappa shape index (κ2) is 5.06. The maximum absolute atomic E-state index is 11.9. The molecule has 2 rings (SSSR count). The minimum atomic E-state index is -0.235. The lowest BCUT2D eigenvalue weighted by atomic mass is 10.2. The predicted octanol–water partition coefficient (Wildman–Crippen LogP) is 1.72. The highest BCUT2D eigenvalue weighted by Gasteiger charge is 2.23. The standard InChI is InChI=1S/C11H10BrClN2O2/c12-9-2-1-6(13)3-8(9)11(17)15-7-4-10(16)14-5-7/h1-3,7H,4-5H2,(H,14,16)(H,15,17). The van der Waals surface area contributed by atoms with Crippen LogP contribution in [0.2, 0.25) is 5.02 Å². The molecule has 1 aliphatic heterocycles. The second-order valence-electron chi connectivity index (χ2n) is 3.80. The molecule has 1 atom stereocenters. The summed E-state index contributed by atoms with van der Waals surface area (Å²) in [5.74, 6) is -0.277. The first kappa shape index (κ1) is 12.4. The van der Waals surface area contributed by atoms with Crippen LogP contribution in [0.3, 0.4) is 0 Å². The summed E-state index contributed by atoms with van der Waals surface area (Å²) in [5.41, 5.74) is 0.469. The van der Waals surface area contributed by atoms with Crippen LogP contribution in [-0.2, 0) is 4.79 Å². The van der Waals surface area contributed by atoms with Gasteiger partial charge in [-0.3, -0.25) is 9.59 Å². The molecule has 2 N–H and O–H groups in total. The number of rotatable bonds is 2. The monoisotopic (exact) mass is 316 g/mol.